The van der Waals surface area contributed by atoms with E-state index < -0.39 is 0 Å². The number of carbonyl (C=O) groups is 1. The second-order valence-corrected chi connectivity index (χ2v) is 4.28. The summed E-state index contributed by atoms with van der Waals surface area (Å²) in [4.78, 5) is 11.5. The Bertz CT molecular complexity index is 392. The molecule has 0 heterocycles. The first-order chi connectivity index (χ1) is 7.27. The number of Topliss-reactive ketones (excluding diaryl/α,β-unsaturated/α-hetero) is 1. The molecule has 0 saturated heterocycles. The maximum absolute atomic E-state index is 11.5. The Hall–Kier alpha value is -1.08. The highest BCUT2D eigenvalue weighted by atomic mass is 35.5. The predicted octanol–water partition coefficient (Wildman–Crippen LogP) is 3.48. The van der Waals surface area contributed by atoms with E-state index in [1.54, 1.807) is 0 Å². The molecule has 2 heteroatoms. The van der Waals surface area contributed by atoms with Crippen molar-refractivity contribution in [3.63, 3.8) is 0 Å². The summed E-state index contributed by atoms with van der Waals surface area (Å²) in [6.07, 6.45) is 3.16. The van der Waals surface area contributed by atoms with Gasteiger partial charge in [-0.25, -0.2) is 0 Å². The molecule has 1 aromatic rings. The second-order valence-electron chi connectivity index (χ2n) is 3.82. The van der Waals surface area contributed by atoms with Crippen LogP contribution in [0.2, 0.25) is 0 Å². The zero-order valence-electron chi connectivity index (χ0n) is 8.50. The van der Waals surface area contributed by atoms with Crippen molar-refractivity contribution >= 4 is 17.4 Å². The maximum atomic E-state index is 11.5. The molecule has 1 fully saturated rings. The van der Waals surface area contributed by atoms with Crippen LogP contribution >= 0.6 is 11.6 Å². The number of carbonyl (C=O) groups excluding carboxylic acids is 1. The third-order valence-corrected chi connectivity index (χ3v) is 3.06. The second kappa shape index (κ2) is 4.63. The van der Waals surface area contributed by atoms with Crippen molar-refractivity contribution in [2.24, 2.45) is 0 Å². The fourth-order valence-corrected chi connectivity index (χ4v) is 2.24. The topological polar surface area (TPSA) is 17.1 Å². The van der Waals surface area contributed by atoms with E-state index in [1.165, 1.54) is 0 Å². The van der Waals surface area contributed by atoms with Crippen LogP contribution in [0.25, 0.3) is 0 Å². The minimum atomic E-state index is 0.232. The lowest BCUT2D eigenvalue weighted by Crippen LogP contribution is -1.96. The molecule has 15 heavy (non-hydrogen) atoms. The van der Waals surface area contributed by atoms with Gasteiger partial charge in [-0.05, 0) is 18.4 Å². The molecule has 0 unspecified atom stereocenters. The number of allylic oxidation sites excluding steroid dienone is 2. The van der Waals surface area contributed by atoms with Gasteiger partial charge in [-0.15, -0.1) is 0 Å². The lowest BCUT2D eigenvalue weighted by Gasteiger charge is -2.03. The van der Waals surface area contributed by atoms with Gasteiger partial charge in [0.2, 0.25) is 0 Å². The largest absolute Gasteiger partial charge is 0.295 e. The number of ketones is 1. The molecule has 0 radical (unpaired) electrons. The van der Waals surface area contributed by atoms with Crippen molar-refractivity contribution in [3.8, 4) is 0 Å². The summed E-state index contributed by atoms with van der Waals surface area (Å²) in [5.41, 5.74) is 2.01. The lowest BCUT2D eigenvalue weighted by atomic mass is 10.1. The van der Waals surface area contributed by atoms with Crippen molar-refractivity contribution in [3.05, 3.63) is 46.5 Å². The number of hydrogen-bond acceptors (Lipinski definition) is 1. The Morgan fingerprint density at radius 1 is 1.20 bits per heavy atom. The quantitative estimate of drug-likeness (QED) is 0.698. The predicted molar refractivity (Wildman–Crippen MR) is 61.9 cm³/mol. The Balaban J connectivity index is 2.16. The van der Waals surface area contributed by atoms with E-state index in [2.05, 4.69) is 0 Å². The first-order valence-electron chi connectivity index (χ1n) is 5.22. The molecule has 0 spiro atoms. The molecule has 2 rings (SSSR count). The van der Waals surface area contributed by atoms with Crippen molar-refractivity contribution in [1.82, 2.24) is 0 Å². The maximum Gasteiger partial charge on any atom is 0.160 e. The minimum absolute atomic E-state index is 0.232. The summed E-state index contributed by atoms with van der Waals surface area (Å²) in [6, 6.07) is 10.0. The molecule has 1 aliphatic rings. The van der Waals surface area contributed by atoms with E-state index in [0.717, 1.165) is 29.0 Å². The van der Waals surface area contributed by atoms with Gasteiger partial charge in [0.25, 0.3) is 0 Å². The summed E-state index contributed by atoms with van der Waals surface area (Å²) in [5, 5.41) is 0.726. The third kappa shape index (κ3) is 2.48. The standard InChI is InChI=1S/C13H13ClO/c14-12(11-7-4-8-13(11)15)9-10-5-2-1-3-6-10/h1-3,5-6H,4,7-9H2/b12-11+. The Morgan fingerprint density at radius 2 is 1.93 bits per heavy atom. The molecule has 1 saturated carbocycles. The number of benzene rings is 1. The van der Waals surface area contributed by atoms with Gasteiger partial charge in [-0.2, -0.15) is 0 Å². The Labute approximate surface area is 94.8 Å². The zero-order chi connectivity index (χ0) is 10.7. The third-order valence-electron chi connectivity index (χ3n) is 2.70. The van der Waals surface area contributed by atoms with Crippen LogP contribution in [0.3, 0.4) is 0 Å². The molecule has 1 nitrogen and oxygen atoms in total. The fraction of sp³-hybridized carbons (Fsp3) is 0.308. The summed E-state index contributed by atoms with van der Waals surface area (Å²) < 4.78 is 0. The van der Waals surface area contributed by atoms with Crippen LogP contribution in [0.5, 0.6) is 0 Å². The summed E-state index contributed by atoms with van der Waals surface area (Å²) in [7, 11) is 0. The van der Waals surface area contributed by atoms with E-state index in [4.69, 9.17) is 11.6 Å². The lowest BCUT2D eigenvalue weighted by molar-refractivity contribution is -0.114. The first-order valence-corrected chi connectivity index (χ1v) is 5.60. The van der Waals surface area contributed by atoms with E-state index in [1.807, 2.05) is 30.3 Å². The van der Waals surface area contributed by atoms with Gasteiger partial charge in [0.1, 0.15) is 0 Å². The molecular formula is C13H13ClO. The van der Waals surface area contributed by atoms with E-state index in [0.29, 0.717) is 12.8 Å². The number of halogens is 1. The number of hydrogen-bond donors (Lipinski definition) is 0. The van der Waals surface area contributed by atoms with Gasteiger partial charge >= 0.3 is 0 Å². The van der Waals surface area contributed by atoms with Crippen molar-refractivity contribution < 1.29 is 4.79 Å². The van der Waals surface area contributed by atoms with Crippen LogP contribution in [0.4, 0.5) is 0 Å². The average molecular weight is 221 g/mol. The molecule has 0 aromatic heterocycles. The highest BCUT2D eigenvalue weighted by molar-refractivity contribution is 6.32. The highest BCUT2D eigenvalue weighted by Crippen LogP contribution is 2.27. The van der Waals surface area contributed by atoms with Crippen LogP contribution in [0.1, 0.15) is 24.8 Å². The minimum Gasteiger partial charge on any atom is -0.295 e. The zero-order valence-corrected chi connectivity index (χ0v) is 9.26. The van der Waals surface area contributed by atoms with Crippen LogP contribution in [-0.4, -0.2) is 5.78 Å². The molecule has 78 valence electrons. The molecule has 0 N–H and O–H groups in total. The monoisotopic (exact) mass is 220 g/mol. The highest BCUT2D eigenvalue weighted by Gasteiger charge is 2.20. The van der Waals surface area contributed by atoms with E-state index >= 15 is 0 Å². The number of rotatable bonds is 2. The van der Waals surface area contributed by atoms with Crippen molar-refractivity contribution in [1.29, 1.82) is 0 Å². The normalized spacial score (nSPS) is 19.4. The van der Waals surface area contributed by atoms with Gasteiger partial charge in [0.05, 0.1) is 0 Å². The van der Waals surface area contributed by atoms with Crippen LogP contribution < -0.4 is 0 Å². The van der Waals surface area contributed by atoms with Crippen molar-refractivity contribution in [2.75, 3.05) is 0 Å². The molecule has 1 aromatic carbocycles. The van der Waals surface area contributed by atoms with Crippen LogP contribution in [-0.2, 0) is 11.2 Å². The van der Waals surface area contributed by atoms with Crippen LogP contribution in [0.15, 0.2) is 40.9 Å². The summed E-state index contributed by atoms with van der Waals surface area (Å²) in [6.45, 7) is 0. The van der Waals surface area contributed by atoms with E-state index in [-0.39, 0.29) is 5.78 Å². The first kappa shape index (κ1) is 10.4. The van der Waals surface area contributed by atoms with Crippen LogP contribution in [0, 0.1) is 0 Å². The Morgan fingerprint density at radius 3 is 2.53 bits per heavy atom. The van der Waals surface area contributed by atoms with Gasteiger partial charge < -0.3 is 0 Å². The average Bonchev–Trinajstić information content (AvgIpc) is 2.66. The molecule has 1 aliphatic carbocycles. The van der Waals surface area contributed by atoms with Crippen molar-refractivity contribution in [2.45, 2.75) is 25.7 Å². The summed E-state index contributed by atoms with van der Waals surface area (Å²) in [5.74, 6) is 0.232. The molecule has 0 atom stereocenters. The van der Waals surface area contributed by atoms with Gasteiger partial charge in [0, 0.05) is 23.4 Å². The van der Waals surface area contributed by atoms with Gasteiger partial charge in [0.15, 0.2) is 5.78 Å². The smallest absolute Gasteiger partial charge is 0.160 e. The molecule has 0 amide bonds. The van der Waals surface area contributed by atoms with E-state index in [9.17, 15) is 4.79 Å². The SMILES string of the molecule is O=C1CCC/C1=C(\Cl)Cc1ccccc1. The van der Waals surface area contributed by atoms with Gasteiger partial charge in [-0.3, -0.25) is 4.79 Å². The molecule has 0 aliphatic heterocycles. The fourth-order valence-electron chi connectivity index (χ4n) is 1.88. The molecule has 0 bridgehead atoms. The van der Waals surface area contributed by atoms with Gasteiger partial charge in [-0.1, -0.05) is 41.9 Å². The Kier molecular flexibility index (Phi) is 3.22. The summed E-state index contributed by atoms with van der Waals surface area (Å²) >= 11 is 6.18. The molecular weight excluding hydrogens is 208 g/mol.